The molecule has 0 radical (unpaired) electrons. The summed E-state index contributed by atoms with van der Waals surface area (Å²) in [6.07, 6.45) is 5.70. The van der Waals surface area contributed by atoms with E-state index in [0.29, 0.717) is 30.0 Å². The minimum atomic E-state index is -0.641. The van der Waals surface area contributed by atoms with Crippen molar-refractivity contribution in [3.63, 3.8) is 0 Å². The average Bonchev–Trinajstić information content (AvgIpc) is 3.18. The molecule has 0 unspecified atom stereocenters. The van der Waals surface area contributed by atoms with Crippen molar-refractivity contribution in [3.8, 4) is 5.75 Å². The Balaban J connectivity index is 1.34. The van der Waals surface area contributed by atoms with Gasteiger partial charge in [0.15, 0.2) is 6.61 Å². The molecule has 33 heavy (non-hydrogen) atoms. The Labute approximate surface area is 194 Å². The number of rotatable bonds is 8. The molecule has 1 N–H and O–H groups in total. The van der Waals surface area contributed by atoms with Gasteiger partial charge in [0.05, 0.1) is 19.8 Å². The lowest BCUT2D eigenvalue weighted by Crippen LogP contribution is -2.59. The second kappa shape index (κ2) is 10.6. The molecule has 1 aliphatic heterocycles. The zero-order valence-electron chi connectivity index (χ0n) is 19.6. The topological polar surface area (TPSA) is 90.2 Å². The van der Waals surface area contributed by atoms with Crippen molar-refractivity contribution in [2.75, 3.05) is 46.1 Å². The number of carbonyl (C=O) groups is 2. The highest BCUT2D eigenvalue weighted by atomic mass is 16.5. The van der Waals surface area contributed by atoms with E-state index in [-0.39, 0.29) is 23.8 Å². The summed E-state index contributed by atoms with van der Waals surface area (Å²) in [6.45, 7) is 7.74. The molecule has 1 saturated carbocycles. The fraction of sp³-hybridized carbons (Fsp3) is 0.600. The SMILES string of the molecule is CCOc1ccc2oc(C(=O)OCC(=O)NCC3(N4CCOCC4)CCCCC3)c(C)c2c1. The number of hydrogen-bond acceptors (Lipinski definition) is 7. The van der Waals surface area contributed by atoms with Gasteiger partial charge in [0.2, 0.25) is 5.76 Å². The Morgan fingerprint density at radius 2 is 1.91 bits per heavy atom. The van der Waals surface area contributed by atoms with Crippen molar-refractivity contribution in [1.82, 2.24) is 10.2 Å². The number of hydrogen-bond donors (Lipinski definition) is 1. The van der Waals surface area contributed by atoms with Gasteiger partial charge in [-0.3, -0.25) is 9.69 Å². The molecule has 1 aromatic heterocycles. The van der Waals surface area contributed by atoms with E-state index in [0.717, 1.165) is 44.5 Å². The van der Waals surface area contributed by atoms with Gasteiger partial charge < -0.3 is 23.9 Å². The van der Waals surface area contributed by atoms with Crippen LogP contribution in [0.15, 0.2) is 22.6 Å². The fourth-order valence-electron chi connectivity index (χ4n) is 5.01. The third kappa shape index (κ3) is 5.33. The maximum Gasteiger partial charge on any atom is 0.375 e. The van der Waals surface area contributed by atoms with E-state index in [1.807, 2.05) is 13.0 Å². The number of furan rings is 1. The van der Waals surface area contributed by atoms with Gasteiger partial charge in [-0.1, -0.05) is 19.3 Å². The van der Waals surface area contributed by atoms with E-state index >= 15 is 0 Å². The van der Waals surface area contributed by atoms with E-state index in [9.17, 15) is 9.59 Å². The highest BCUT2D eigenvalue weighted by Crippen LogP contribution is 2.34. The normalized spacial score (nSPS) is 18.7. The van der Waals surface area contributed by atoms with Crippen LogP contribution in [-0.2, 0) is 14.3 Å². The van der Waals surface area contributed by atoms with Crippen LogP contribution in [-0.4, -0.2) is 68.4 Å². The van der Waals surface area contributed by atoms with Gasteiger partial charge in [0.25, 0.3) is 5.91 Å². The monoisotopic (exact) mass is 458 g/mol. The van der Waals surface area contributed by atoms with Crippen molar-refractivity contribution in [2.45, 2.75) is 51.5 Å². The molecule has 0 atom stereocenters. The predicted molar refractivity (Wildman–Crippen MR) is 124 cm³/mol. The van der Waals surface area contributed by atoms with Gasteiger partial charge in [0, 0.05) is 36.1 Å². The minimum absolute atomic E-state index is 0.0325. The summed E-state index contributed by atoms with van der Waals surface area (Å²) >= 11 is 0. The molecule has 1 aromatic carbocycles. The first-order valence-electron chi connectivity index (χ1n) is 11.9. The molecular weight excluding hydrogens is 424 g/mol. The number of amides is 1. The molecule has 8 nitrogen and oxygen atoms in total. The first-order chi connectivity index (χ1) is 16.0. The molecule has 2 heterocycles. The molecular formula is C25H34N2O6. The van der Waals surface area contributed by atoms with E-state index in [1.165, 1.54) is 19.3 Å². The van der Waals surface area contributed by atoms with Crippen molar-refractivity contribution in [1.29, 1.82) is 0 Å². The number of benzene rings is 1. The Morgan fingerprint density at radius 1 is 1.15 bits per heavy atom. The van der Waals surface area contributed by atoms with E-state index < -0.39 is 5.97 Å². The quantitative estimate of drug-likeness (QED) is 0.606. The summed E-state index contributed by atoms with van der Waals surface area (Å²) in [5.74, 6) is -0.111. The first-order valence-corrected chi connectivity index (χ1v) is 11.9. The lowest BCUT2D eigenvalue weighted by molar-refractivity contribution is -0.125. The Hall–Kier alpha value is -2.58. The molecule has 4 rings (SSSR count). The van der Waals surface area contributed by atoms with Gasteiger partial charge in [-0.25, -0.2) is 4.79 Å². The van der Waals surface area contributed by atoms with Crippen LogP contribution >= 0.6 is 0 Å². The maximum absolute atomic E-state index is 12.6. The Kier molecular flexibility index (Phi) is 7.55. The van der Waals surface area contributed by atoms with Gasteiger partial charge in [-0.15, -0.1) is 0 Å². The van der Waals surface area contributed by atoms with Crippen LogP contribution in [0.1, 0.15) is 55.1 Å². The largest absolute Gasteiger partial charge is 0.494 e. The Bertz CT molecular complexity index is 973. The lowest BCUT2D eigenvalue weighted by Gasteiger charge is -2.48. The van der Waals surface area contributed by atoms with E-state index in [2.05, 4.69) is 10.2 Å². The van der Waals surface area contributed by atoms with Gasteiger partial charge >= 0.3 is 5.97 Å². The molecule has 0 spiro atoms. The van der Waals surface area contributed by atoms with Crippen LogP contribution in [0.3, 0.4) is 0 Å². The van der Waals surface area contributed by atoms with Gasteiger partial charge in [-0.2, -0.15) is 0 Å². The van der Waals surface area contributed by atoms with Crippen LogP contribution < -0.4 is 10.1 Å². The van der Waals surface area contributed by atoms with Crippen LogP contribution in [0.5, 0.6) is 5.75 Å². The maximum atomic E-state index is 12.6. The number of ether oxygens (including phenoxy) is 3. The van der Waals surface area contributed by atoms with Gasteiger partial charge in [0.1, 0.15) is 11.3 Å². The zero-order valence-corrected chi connectivity index (χ0v) is 19.6. The Morgan fingerprint density at radius 3 is 2.64 bits per heavy atom. The molecule has 180 valence electrons. The summed E-state index contributed by atoms with van der Waals surface area (Å²) in [5.41, 5.74) is 1.22. The lowest BCUT2D eigenvalue weighted by atomic mass is 9.79. The van der Waals surface area contributed by atoms with Crippen LogP contribution in [0.25, 0.3) is 11.0 Å². The molecule has 1 aliphatic carbocycles. The van der Waals surface area contributed by atoms with Crippen molar-refractivity contribution >= 4 is 22.8 Å². The molecule has 2 fully saturated rings. The first kappa shape index (κ1) is 23.6. The molecule has 2 aromatic rings. The van der Waals surface area contributed by atoms with Crippen LogP contribution in [0.4, 0.5) is 0 Å². The minimum Gasteiger partial charge on any atom is -0.494 e. The van der Waals surface area contributed by atoms with E-state index in [4.69, 9.17) is 18.6 Å². The number of nitrogens with one attached hydrogen (secondary N) is 1. The van der Waals surface area contributed by atoms with Crippen LogP contribution in [0.2, 0.25) is 0 Å². The number of esters is 1. The third-order valence-corrected chi connectivity index (χ3v) is 6.82. The summed E-state index contributed by atoms with van der Waals surface area (Å²) in [7, 11) is 0. The van der Waals surface area contributed by atoms with Gasteiger partial charge in [-0.05, 0) is 44.9 Å². The summed E-state index contributed by atoms with van der Waals surface area (Å²) < 4.78 is 22.0. The number of aryl methyl sites for hydroxylation is 1. The fourth-order valence-corrected chi connectivity index (χ4v) is 5.01. The van der Waals surface area contributed by atoms with Crippen molar-refractivity contribution in [2.24, 2.45) is 0 Å². The summed E-state index contributed by atoms with van der Waals surface area (Å²) in [5, 5.41) is 3.81. The van der Waals surface area contributed by atoms with E-state index in [1.54, 1.807) is 19.1 Å². The third-order valence-electron chi connectivity index (χ3n) is 6.82. The number of nitrogens with zero attached hydrogens (tertiary/aromatic N) is 1. The van der Waals surface area contributed by atoms with Crippen molar-refractivity contribution in [3.05, 3.63) is 29.5 Å². The predicted octanol–water partition coefficient (Wildman–Crippen LogP) is 3.45. The highest BCUT2D eigenvalue weighted by molar-refractivity contribution is 5.97. The molecule has 1 saturated heterocycles. The summed E-state index contributed by atoms with van der Waals surface area (Å²) in [4.78, 5) is 27.6. The number of morpholine rings is 1. The average molecular weight is 459 g/mol. The molecule has 8 heteroatoms. The summed E-state index contributed by atoms with van der Waals surface area (Å²) in [6, 6.07) is 5.41. The molecule has 1 amide bonds. The molecule has 2 aliphatic rings. The second-order valence-corrected chi connectivity index (χ2v) is 8.88. The zero-order chi connectivity index (χ0) is 23.3. The standard InChI is InChI=1S/C25H34N2O6/c1-3-31-19-7-8-21-20(15-19)18(2)23(33-21)24(29)32-16-22(28)26-17-25(9-5-4-6-10-25)27-11-13-30-14-12-27/h7-8,15H,3-6,9-14,16-17H2,1-2H3,(H,26,28). The highest BCUT2D eigenvalue weighted by Gasteiger charge is 2.38. The van der Waals surface area contributed by atoms with Crippen molar-refractivity contribution < 1.29 is 28.2 Å². The molecule has 0 bridgehead atoms. The smallest absolute Gasteiger partial charge is 0.375 e. The number of fused-ring (bicyclic) bond motifs is 1. The number of carbonyl (C=O) groups excluding carboxylic acids is 2. The second-order valence-electron chi connectivity index (χ2n) is 8.88. The van der Waals surface area contributed by atoms with Crippen LogP contribution in [0, 0.1) is 6.92 Å².